The molecule has 19 heavy (non-hydrogen) atoms. The molecule has 1 aromatic heterocycles. The van der Waals surface area contributed by atoms with Gasteiger partial charge in [0.2, 0.25) is 0 Å². The monoisotopic (exact) mass is 296 g/mol. The van der Waals surface area contributed by atoms with Gasteiger partial charge in [-0.25, -0.2) is 9.37 Å². The van der Waals surface area contributed by atoms with Crippen molar-refractivity contribution in [1.82, 2.24) is 4.98 Å². The Bertz CT molecular complexity index is 621. The van der Waals surface area contributed by atoms with E-state index in [1.807, 2.05) is 24.5 Å². The van der Waals surface area contributed by atoms with Gasteiger partial charge in [0.15, 0.2) is 0 Å². The molecule has 3 nitrogen and oxygen atoms in total. The largest absolute Gasteiger partial charge is 0.322 e. The highest BCUT2D eigenvalue weighted by molar-refractivity contribution is 7.98. The molecule has 2 aromatic rings. The topological polar surface area (TPSA) is 42.0 Å². The van der Waals surface area contributed by atoms with Crippen LogP contribution in [-0.4, -0.2) is 17.1 Å². The zero-order valence-corrected chi connectivity index (χ0v) is 11.6. The van der Waals surface area contributed by atoms with Gasteiger partial charge in [0.05, 0.1) is 11.8 Å². The van der Waals surface area contributed by atoms with Crippen molar-refractivity contribution in [2.75, 3.05) is 11.6 Å². The quantitative estimate of drug-likeness (QED) is 0.691. The van der Waals surface area contributed by atoms with Crippen molar-refractivity contribution >= 4 is 35.0 Å². The van der Waals surface area contributed by atoms with Gasteiger partial charge in [0.25, 0.3) is 5.91 Å². The number of anilines is 1. The number of nitrogens with one attached hydrogen (secondary N) is 1. The summed E-state index contributed by atoms with van der Waals surface area (Å²) in [5, 5.41) is 2.63. The molecule has 2 rings (SSSR count). The van der Waals surface area contributed by atoms with Gasteiger partial charge < -0.3 is 5.32 Å². The van der Waals surface area contributed by atoms with Gasteiger partial charge in [0, 0.05) is 10.6 Å². The third-order valence-electron chi connectivity index (χ3n) is 2.38. The SMILES string of the molecule is CSc1cccc(NC(=O)c2cc(F)cnc2Cl)c1. The first-order valence-electron chi connectivity index (χ1n) is 5.36. The summed E-state index contributed by atoms with van der Waals surface area (Å²) in [6, 6.07) is 8.38. The van der Waals surface area contributed by atoms with E-state index in [2.05, 4.69) is 10.3 Å². The first-order valence-corrected chi connectivity index (χ1v) is 6.97. The van der Waals surface area contributed by atoms with Crippen molar-refractivity contribution < 1.29 is 9.18 Å². The Morgan fingerprint density at radius 1 is 1.42 bits per heavy atom. The van der Waals surface area contributed by atoms with Gasteiger partial charge in [-0.15, -0.1) is 11.8 Å². The molecule has 0 unspecified atom stereocenters. The number of amides is 1. The average Bonchev–Trinajstić information content (AvgIpc) is 2.41. The number of benzene rings is 1. The molecule has 0 aliphatic carbocycles. The van der Waals surface area contributed by atoms with Crippen LogP contribution < -0.4 is 5.32 Å². The van der Waals surface area contributed by atoms with Crippen LogP contribution in [0.25, 0.3) is 0 Å². The number of thioether (sulfide) groups is 1. The average molecular weight is 297 g/mol. The third kappa shape index (κ3) is 3.45. The number of hydrogen-bond acceptors (Lipinski definition) is 3. The van der Waals surface area contributed by atoms with Crippen LogP contribution in [0, 0.1) is 5.82 Å². The Labute approximate surface area is 119 Å². The lowest BCUT2D eigenvalue weighted by atomic mass is 10.2. The van der Waals surface area contributed by atoms with Crippen LogP contribution in [0.15, 0.2) is 41.4 Å². The van der Waals surface area contributed by atoms with Crippen molar-refractivity contribution in [2.24, 2.45) is 0 Å². The summed E-state index contributed by atoms with van der Waals surface area (Å²) in [6.45, 7) is 0. The fraction of sp³-hybridized carbons (Fsp3) is 0.0769. The lowest BCUT2D eigenvalue weighted by Gasteiger charge is -2.07. The summed E-state index contributed by atoms with van der Waals surface area (Å²) >= 11 is 7.33. The van der Waals surface area contributed by atoms with Crippen LogP contribution in [0.3, 0.4) is 0 Å². The maximum absolute atomic E-state index is 13.1. The van der Waals surface area contributed by atoms with Crippen molar-refractivity contribution in [3.63, 3.8) is 0 Å². The minimum Gasteiger partial charge on any atom is -0.322 e. The molecule has 0 fully saturated rings. The van der Waals surface area contributed by atoms with Gasteiger partial charge in [-0.05, 0) is 30.5 Å². The van der Waals surface area contributed by atoms with Crippen LogP contribution in [0.5, 0.6) is 0 Å². The van der Waals surface area contributed by atoms with E-state index in [1.54, 1.807) is 17.8 Å². The molecule has 0 atom stereocenters. The van der Waals surface area contributed by atoms with E-state index in [9.17, 15) is 9.18 Å². The second-order valence-electron chi connectivity index (χ2n) is 3.68. The molecular formula is C13H10ClFN2OS. The van der Waals surface area contributed by atoms with Gasteiger partial charge in [0.1, 0.15) is 11.0 Å². The fourth-order valence-corrected chi connectivity index (χ4v) is 2.13. The summed E-state index contributed by atoms with van der Waals surface area (Å²) in [7, 11) is 0. The number of nitrogens with zero attached hydrogens (tertiary/aromatic N) is 1. The van der Waals surface area contributed by atoms with Crippen molar-refractivity contribution in [1.29, 1.82) is 0 Å². The second-order valence-corrected chi connectivity index (χ2v) is 4.92. The van der Waals surface area contributed by atoms with Crippen LogP contribution in [0.1, 0.15) is 10.4 Å². The summed E-state index contributed by atoms with van der Waals surface area (Å²) < 4.78 is 13.1. The fourth-order valence-electron chi connectivity index (χ4n) is 1.48. The third-order valence-corrected chi connectivity index (χ3v) is 3.40. The Morgan fingerprint density at radius 3 is 2.95 bits per heavy atom. The molecule has 0 saturated carbocycles. The first kappa shape index (κ1) is 13.8. The minimum atomic E-state index is -0.604. The number of pyridine rings is 1. The molecule has 98 valence electrons. The lowest BCUT2D eigenvalue weighted by Crippen LogP contribution is -2.13. The van der Waals surface area contributed by atoms with Crippen LogP contribution in [0.4, 0.5) is 10.1 Å². The Morgan fingerprint density at radius 2 is 2.21 bits per heavy atom. The number of rotatable bonds is 3. The van der Waals surface area contributed by atoms with Crippen LogP contribution in [0.2, 0.25) is 5.15 Å². The normalized spacial score (nSPS) is 10.3. The van der Waals surface area contributed by atoms with E-state index in [4.69, 9.17) is 11.6 Å². The zero-order chi connectivity index (χ0) is 13.8. The molecule has 0 aliphatic rings. The molecule has 0 bridgehead atoms. The van der Waals surface area contributed by atoms with Crippen LogP contribution in [-0.2, 0) is 0 Å². The summed E-state index contributed by atoms with van der Waals surface area (Å²) in [6.07, 6.45) is 2.90. The van der Waals surface area contributed by atoms with Gasteiger partial charge in [-0.3, -0.25) is 4.79 Å². The second kappa shape index (κ2) is 6.04. The molecule has 0 saturated heterocycles. The standard InChI is InChI=1S/C13H10ClFN2OS/c1-19-10-4-2-3-9(6-10)17-13(18)11-5-8(15)7-16-12(11)14/h2-7H,1H3,(H,17,18). The highest BCUT2D eigenvalue weighted by Gasteiger charge is 2.13. The number of carbonyl (C=O) groups is 1. The summed E-state index contributed by atoms with van der Waals surface area (Å²) in [5.74, 6) is -1.09. The molecule has 0 spiro atoms. The predicted octanol–water partition coefficient (Wildman–Crippen LogP) is 3.85. The van der Waals surface area contributed by atoms with Crippen molar-refractivity contribution in [2.45, 2.75) is 4.90 Å². The molecule has 0 aliphatic heterocycles. The van der Waals surface area contributed by atoms with Gasteiger partial charge in [-0.2, -0.15) is 0 Å². The van der Waals surface area contributed by atoms with E-state index < -0.39 is 11.7 Å². The summed E-state index contributed by atoms with van der Waals surface area (Å²) in [4.78, 5) is 16.6. The molecule has 1 aromatic carbocycles. The predicted molar refractivity (Wildman–Crippen MR) is 75.4 cm³/mol. The maximum Gasteiger partial charge on any atom is 0.258 e. The van der Waals surface area contributed by atoms with E-state index in [-0.39, 0.29) is 10.7 Å². The smallest absolute Gasteiger partial charge is 0.258 e. The maximum atomic E-state index is 13.1. The van der Waals surface area contributed by atoms with Crippen molar-refractivity contribution in [3.05, 3.63) is 53.1 Å². The van der Waals surface area contributed by atoms with E-state index in [1.165, 1.54) is 0 Å². The van der Waals surface area contributed by atoms with Crippen LogP contribution >= 0.6 is 23.4 Å². The number of aromatic nitrogens is 1. The highest BCUT2D eigenvalue weighted by Crippen LogP contribution is 2.21. The molecule has 1 amide bonds. The molecular weight excluding hydrogens is 287 g/mol. The molecule has 6 heteroatoms. The Kier molecular flexibility index (Phi) is 4.39. The lowest BCUT2D eigenvalue weighted by molar-refractivity contribution is 0.102. The molecule has 0 radical (unpaired) electrons. The van der Waals surface area contributed by atoms with Gasteiger partial charge in [-0.1, -0.05) is 17.7 Å². The Balaban J connectivity index is 2.23. The van der Waals surface area contributed by atoms with E-state index >= 15 is 0 Å². The van der Waals surface area contributed by atoms with Crippen molar-refractivity contribution in [3.8, 4) is 0 Å². The Hall–Kier alpha value is -1.59. The van der Waals surface area contributed by atoms with E-state index in [0.717, 1.165) is 17.2 Å². The molecule has 1 heterocycles. The number of carbonyl (C=O) groups excluding carboxylic acids is 1. The van der Waals surface area contributed by atoms with Gasteiger partial charge >= 0.3 is 0 Å². The van der Waals surface area contributed by atoms with E-state index in [0.29, 0.717) is 5.69 Å². The highest BCUT2D eigenvalue weighted by atomic mass is 35.5. The first-order chi connectivity index (χ1) is 9.10. The number of halogens is 2. The minimum absolute atomic E-state index is 0.0104. The summed E-state index contributed by atoms with van der Waals surface area (Å²) in [5.41, 5.74) is 0.633. The number of hydrogen-bond donors (Lipinski definition) is 1. The zero-order valence-electron chi connectivity index (χ0n) is 9.98. The molecule has 1 N–H and O–H groups in total.